The first kappa shape index (κ1) is 15.3. The lowest BCUT2D eigenvalue weighted by molar-refractivity contribution is -0.115. The number of hydrogen-bond acceptors (Lipinski definition) is 6. The summed E-state index contributed by atoms with van der Waals surface area (Å²) < 4.78 is 1.56. The fraction of sp³-hybridized carbons (Fsp3) is 0. The van der Waals surface area contributed by atoms with Crippen LogP contribution in [0.15, 0.2) is 70.8 Å². The number of carbonyl (C=O) groups is 1. The lowest BCUT2D eigenvalue weighted by Crippen LogP contribution is -2.19. The van der Waals surface area contributed by atoms with Crippen LogP contribution in [0.2, 0.25) is 0 Å². The number of thioether (sulfide) groups is 1. The van der Waals surface area contributed by atoms with Gasteiger partial charge in [-0.1, -0.05) is 30.3 Å². The SMILES string of the molecule is O=C1NC(=Nc2ccccc2)SC1=Cc1cccc(-n2cnnn2)c1. The smallest absolute Gasteiger partial charge is 0.264 e. The largest absolute Gasteiger partial charge is 0.300 e. The number of aliphatic imine (C=N–C) groups is 1. The molecule has 0 aliphatic carbocycles. The minimum atomic E-state index is -0.160. The summed E-state index contributed by atoms with van der Waals surface area (Å²) in [5, 5.41) is 14.5. The van der Waals surface area contributed by atoms with E-state index in [9.17, 15) is 4.79 Å². The standard InChI is InChI=1S/C17H12N6OS/c24-16-15(25-17(20-16)19-13-6-2-1-3-7-13)10-12-5-4-8-14(9-12)23-11-18-21-22-23/h1-11H,(H,19,20,24). The van der Waals surface area contributed by atoms with Gasteiger partial charge in [-0.05, 0) is 58.1 Å². The molecule has 3 aromatic rings. The Morgan fingerprint density at radius 1 is 1.12 bits per heavy atom. The molecule has 0 spiro atoms. The maximum Gasteiger partial charge on any atom is 0.264 e. The first-order valence-electron chi connectivity index (χ1n) is 7.46. The first-order valence-corrected chi connectivity index (χ1v) is 8.28. The molecule has 1 aliphatic rings. The Balaban J connectivity index is 1.59. The molecule has 1 aromatic heterocycles. The van der Waals surface area contributed by atoms with Crippen LogP contribution in [0.3, 0.4) is 0 Å². The molecule has 8 heteroatoms. The lowest BCUT2D eigenvalue weighted by atomic mass is 10.2. The number of carbonyl (C=O) groups excluding carboxylic acids is 1. The Kier molecular flexibility index (Phi) is 4.09. The van der Waals surface area contributed by atoms with Crippen LogP contribution >= 0.6 is 11.8 Å². The van der Waals surface area contributed by atoms with Crippen molar-refractivity contribution in [2.24, 2.45) is 4.99 Å². The molecule has 4 rings (SSSR count). The van der Waals surface area contributed by atoms with Gasteiger partial charge in [0.1, 0.15) is 6.33 Å². The summed E-state index contributed by atoms with van der Waals surface area (Å²) in [6, 6.07) is 17.1. The average Bonchev–Trinajstić information content (AvgIpc) is 3.27. The molecule has 122 valence electrons. The summed E-state index contributed by atoms with van der Waals surface area (Å²) in [5.74, 6) is -0.160. The van der Waals surface area contributed by atoms with Crippen molar-refractivity contribution in [1.29, 1.82) is 0 Å². The predicted molar refractivity (Wildman–Crippen MR) is 96.4 cm³/mol. The fourth-order valence-corrected chi connectivity index (χ4v) is 3.13. The minimum absolute atomic E-state index is 0.160. The Hall–Kier alpha value is -3.26. The summed E-state index contributed by atoms with van der Waals surface area (Å²) >= 11 is 1.32. The zero-order chi connectivity index (χ0) is 17.1. The molecule has 1 amide bonds. The quantitative estimate of drug-likeness (QED) is 0.735. The monoisotopic (exact) mass is 348 g/mol. The number of aromatic nitrogens is 4. The van der Waals surface area contributed by atoms with Gasteiger partial charge in [-0.25, -0.2) is 9.67 Å². The van der Waals surface area contributed by atoms with Crippen LogP contribution in [0.5, 0.6) is 0 Å². The number of hydrogen-bond donors (Lipinski definition) is 1. The van der Waals surface area contributed by atoms with E-state index in [-0.39, 0.29) is 5.91 Å². The van der Waals surface area contributed by atoms with E-state index in [0.29, 0.717) is 10.1 Å². The van der Waals surface area contributed by atoms with Crippen LogP contribution in [-0.4, -0.2) is 31.3 Å². The van der Waals surface area contributed by atoms with Crippen molar-refractivity contribution < 1.29 is 4.79 Å². The molecule has 2 heterocycles. The molecule has 0 radical (unpaired) electrons. The average molecular weight is 348 g/mol. The summed E-state index contributed by atoms with van der Waals surface area (Å²) in [5.41, 5.74) is 2.50. The molecule has 1 fully saturated rings. The van der Waals surface area contributed by atoms with Crippen molar-refractivity contribution in [2.75, 3.05) is 0 Å². The maximum atomic E-state index is 12.2. The highest BCUT2D eigenvalue weighted by Crippen LogP contribution is 2.28. The highest BCUT2D eigenvalue weighted by atomic mass is 32.2. The molecule has 1 aliphatic heterocycles. The van der Waals surface area contributed by atoms with Crippen molar-refractivity contribution in [3.8, 4) is 5.69 Å². The zero-order valence-electron chi connectivity index (χ0n) is 12.9. The second kappa shape index (κ2) is 6.70. The number of amidine groups is 1. The summed E-state index contributed by atoms with van der Waals surface area (Å²) in [6.07, 6.45) is 3.34. The number of nitrogens with one attached hydrogen (secondary N) is 1. The van der Waals surface area contributed by atoms with E-state index < -0.39 is 0 Å². The molecule has 0 atom stereocenters. The van der Waals surface area contributed by atoms with Gasteiger partial charge in [-0.15, -0.1) is 5.10 Å². The van der Waals surface area contributed by atoms with E-state index >= 15 is 0 Å². The van der Waals surface area contributed by atoms with Gasteiger partial charge in [0.25, 0.3) is 5.91 Å². The van der Waals surface area contributed by atoms with Crippen LogP contribution < -0.4 is 5.32 Å². The summed E-state index contributed by atoms with van der Waals surface area (Å²) in [6.45, 7) is 0. The maximum absolute atomic E-state index is 12.2. The minimum Gasteiger partial charge on any atom is -0.300 e. The molecular formula is C17H12N6OS. The zero-order valence-corrected chi connectivity index (χ0v) is 13.7. The van der Waals surface area contributed by atoms with Gasteiger partial charge >= 0.3 is 0 Å². The van der Waals surface area contributed by atoms with Crippen molar-refractivity contribution in [2.45, 2.75) is 0 Å². The van der Waals surface area contributed by atoms with Gasteiger partial charge in [-0.3, -0.25) is 4.79 Å². The topological polar surface area (TPSA) is 85.1 Å². The van der Waals surface area contributed by atoms with Gasteiger partial charge in [-0.2, -0.15) is 0 Å². The number of tetrazole rings is 1. The van der Waals surface area contributed by atoms with Crippen LogP contribution in [0.25, 0.3) is 11.8 Å². The molecule has 2 aromatic carbocycles. The van der Waals surface area contributed by atoms with E-state index in [1.807, 2.05) is 60.7 Å². The second-order valence-corrected chi connectivity index (χ2v) is 6.20. The lowest BCUT2D eigenvalue weighted by Gasteiger charge is -2.01. The molecule has 1 N–H and O–H groups in total. The fourth-order valence-electron chi connectivity index (χ4n) is 2.29. The number of rotatable bonds is 3. The second-order valence-electron chi connectivity index (χ2n) is 5.17. The van der Waals surface area contributed by atoms with Crippen LogP contribution in [0.1, 0.15) is 5.56 Å². The van der Waals surface area contributed by atoms with E-state index in [1.54, 1.807) is 4.68 Å². The third kappa shape index (κ3) is 3.48. The summed E-state index contributed by atoms with van der Waals surface area (Å²) in [7, 11) is 0. The number of para-hydroxylation sites is 1. The molecule has 0 saturated carbocycles. The Bertz CT molecular complexity index is 966. The van der Waals surface area contributed by atoms with Gasteiger partial charge in [0, 0.05) is 0 Å². The van der Waals surface area contributed by atoms with Crippen LogP contribution in [-0.2, 0) is 4.79 Å². The number of benzene rings is 2. The number of nitrogens with zero attached hydrogens (tertiary/aromatic N) is 5. The third-order valence-corrected chi connectivity index (χ3v) is 4.33. The molecule has 0 bridgehead atoms. The normalized spacial score (nSPS) is 17.2. The van der Waals surface area contributed by atoms with Gasteiger partial charge < -0.3 is 5.32 Å². The highest BCUT2D eigenvalue weighted by molar-refractivity contribution is 8.18. The van der Waals surface area contributed by atoms with Crippen molar-refractivity contribution >= 4 is 34.6 Å². The Morgan fingerprint density at radius 2 is 2.00 bits per heavy atom. The molecular weight excluding hydrogens is 336 g/mol. The highest BCUT2D eigenvalue weighted by Gasteiger charge is 2.23. The van der Waals surface area contributed by atoms with Crippen LogP contribution in [0, 0.1) is 0 Å². The molecule has 7 nitrogen and oxygen atoms in total. The van der Waals surface area contributed by atoms with E-state index in [4.69, 9.17) is 0 Å². The van der Waals surface area contributed by atoms with Crippen molar-refractivity contribution in [3.05, 3.63) is 71.4 Å². The van der Waals surface area contributed by atoms with Crippen molar-refractivity contribution in [1.82, 2.24) is 25.5 Å². The first-order chi connectivity index (χ1) is 12.3. The van der Waals surface area contributed by atoms with Crippen molar-refractivity contribution in [3.63, 3.8) is 0 Å². The van der Waals surface area contributed by atoms with E-state index in [1.165, 1.54) is 18.1 Å². The van der Waals surface area contributed by atoms with Gasteiger partial charge in [0.05, 0.1) is 16.3 Å². The Morgan fingerprint density at radius 3 is 2.80 bits per heavy atom. The molecule has 1 saturated heterocycles. The van der Waals surface area contributed by atoms with Crippen LogP contribution in [0.4, 0.5) is 5.69 Å². The Labute approximate surface area is 147 Å². The molecule has 25 heavy (non-hydrogen) atoms. The molecule has 0 unspecified atom stereocenters. The van der Waals surface area contributed by atoms with E-state index in [0.717, 1.165) is 16.9 Å². The van der Waals surface area contributed by atoms with Gasteiger partial charge in [0.15, 0.2) is 5.17 Å². The summed E-state index contributed by atoms with van der Waals surface area (Å²) in [4.78, 5) is 17.2. The number of amides is 1. The van der Waals surface area contributed by atoms with E-state index in [2.05, 4.69) is 25.8 Å². The van der Waals surface area contributed by atoms with Gasteiger partial charge in [0.2, 0.25) is 0 Å². The predicted octanol–water partition coefficient (Wildman–Crippen LogP) is 2.55. The third-order valence-electron chi connectivity index (χ3n) is 3.42.